The van der Waals surface area contributed by atoms with Gasteiger partial charge >= 0.3 is 0 Å². The summed E-state index contributed by atoms with van der Waals surface area (Å²) in [5.74, 6) is 1.34. The summed E-state index contributed by atoms with van der Waals surface area (Å²) in [5.41, 5.74) is 2.78. The van der Waals surface area contributed by atoms with Crippen molar-refractivity contribution in [2.24, 2.45) is 11.8 Å². The largest absolute Gasteiger partial charge is 0.360 e. The Balaban J connectivity index is 3.67. The molecule has 1 radical (unpaired) electrons. The summed E-state index contributed by atoms with van der Waals surface area (Å²) in [6, 6.07) is 0. The van der Waals surface area contributed by atoms with Gasteiger partial charge in [0, 0.05) is 13.1 Å². The molecule has 0 aromatic carbocycles. The van der Waals surface area contributed by atoms with Crippen LogP contribution in [-0.4, -0.2) is 23.5 Å². The van der Waals surface area contributed by atoms with Gasteiger partial charge in [-0.3, -0.25) is 0 Å². The fourth-order valence-electron chi connectivity index (χ4n) is 1.03. The van der Waals surface area contributed by atoms with E-state index in [0.717, 1.165) is 13.1 Å². The fraction of sp³-hybridized carbons (Fsp3) is 0.889. The van der Waals surface area contributed by atoms with Crippen LogP contribution in [0.5, 0.6) is 0 Å². The Labute approximate surface area is 75.8 Å². The summed E-state index contributed by atoms with van der Waals surface area (Å²) in [7, 11) is 0. The molecule has 0 heterocycles. The summed E-state index contributed by atoms with van der Waals surface area (Å²) in [5, 5.41) is 0. The zero-order chi connectivity index (χ0) is 8.85. The molecule has 0 atom stereocenters. The van der Waals surface area contributed by atoms with E-state index in [0.29, 0.717) is 11.8 Å². The highest BCUT2D eigenvalue weighted by Crippen LogP contribution is 2.01. The summed E-state index contributed by atoms with van der Waals surface area (Å²) >= 11 is 4.79. The molecule has 0 fully saturated rings. The van der Waals surface area contributed by atoms with E-state index in [1.807, 2.05) is 0 Å². The molecular formula is C9H18NS. The zero-order valence-electron chi connectivity index (χ0n) is 7.92. The van der Waals surface area contributed by atoms with Crippen molar-refractivity contribution in [3.63, 3.8) is 0 Å². The predicted molar refractivity (Wildman–Crippen MR) is 53.8 cm³/mol. The van der Waals surface area contributed by atoms with Crippen LogP contribution in [0.25, 0.3) is 0 Å². The lowest BCUT2D eigenvalue weighted by Crippen LogP contribution is -2.29. The van der Waals surface area contributed by atoms with Crippen LogP contribution in [0.3, 0.4) is 0 Å². The van der Waals surface area contributed by atoms with Crippen molar-refractivity contribution in [3.05, 3.63) is 0 Å². The highest BCUT2D eigenvalue weighted by atomic mass is 32.1. The first-order valence-corrected chi connectivity index (χ1v) is 4.59. The molecule has 0 amide bonds. The van der Waals surface area contributed by atoms with Crippen molar-refractivity contribution in [1.82, 2.24) is 4.90 Å². The minimum atomic E-state index is 0.671. The van der Waals surface area contributed by atoms with Gasteiger partial charge in [0.15, 0.2) is 0 Å². The molecule has 1 nitrogen and oxygen atoms in total. The molecule has 0 aromatic rings. The second-order valence-corrected chi connectivity index (χ2v) is 3.97. The van der Waals surface area contributed by atoms with E-state index in [-0.39, 0.29) is 0 Å². The van der Waals surface area contributed by atoms with E-state index in [1.54, 1.807) is 0 Å². The van der Waals surface area contributed by atoms with Gasteiger partial charge in [0.05, 0.1) is 0 Å². The molecule has 0 saturated heterocycles. The van der Waals surface area contributed by atoms with Gasteiger partial charge in [-0.25, -0.2) is 0 Å². The van der Waals surface area contributed by atoms with Crippen molar-refractivity contribution in [2.75, 3.05) is 13.1 Å². The molecule has 0 bridgehead atoms. The standard InChI is InChI=1S/C9H18NS/c1-8(2)5-10(7-11)6-9(3)4/h8-9H,5-6H2,1-4H3. The first-order valence-electron chi connectivity index (χ1n) is 4.19. The molecule has 0 aromatic heterocycles. The Kier molecular flexibility index (Phi) is 5.47. The van der Waals surface area contributed by atoms with E-state index in [9.17, 15) is 0 Å². The van der Waals surface area contributed by atoms with Crippen molar-refractivity contribution in [1.29, 1.82) is 0 Å². The van der Waals surface area contributed by atoms with Gasteiger partial charge in [-0.2, -0.15) is 0 Å². The van der Waals surface area contributed by atoms with E-state index >= 15 is 0 Å². The van der Waals surface area contributed by atoms with E-state index in [1.165, 1.54) is 0 Å². The maximum atomic E-state index is 4.79. The van der Waals surface area contributed by atoms with E-state index < -0.39 is 0 Å². The molecule has 0 spiro atoms. The summed E-state index contributed by atoms with van der Waals surface area (Å²) in [6.45, 7) is 10.8. The van der Waals surface area contributed by atoms with Crippen LogP contribution in [0.2, 0.25) is 0 Å². The van der Waals surface area contributed by atoms with Crippen molar-refractivity contribution < 1.29 is 0 Å². The smallest absolute Gasteiger partial charge is 0.136 e. The number of hydrogen-bond donors (Lipinski definition) is 0. The minimum absolute atomic E-state index is 0.671. The summed E-state index contributed by atoms with van der Waals surface area (Å²) < 4.78 is 0. The monoisotopic (exact) mass is 172 g/mol. The first kappa shape index (κ1) is 10.9. The molecule has 0 unspecified atom stereocenters. The van der Waals surface area contributed by atoms with Crippen molar-refractivity contribution in [3.8, 4) is 0 Å². The van der Waals surface area contributed by atoms with Crippen LogP contribution in [0.4, 0.5) is 0 Å². The van der Waals surface area contributed by atoms with Gasteiger partial charge in [0.25, 0.3) is 0 Å². The number of nitrogens with zero attached hydrogens (tertiary/aromatic N) is 1. The highest BCUT2D eigenvalue weighted by molar-refractivity contribution is 7.78. The summed E-state index contributed by atoms with van der Waals surface area (Å²) in [6.07, 6.45) is 0. The Morgan fingerprint density at radius 3 is 1.64 bits per heavy atom. The van der Waals surface area contributed by atoms with Gasteiger partial charge in [-0.15, -0.1) is 0 Å². The average molecular weight is 172 g/mol. The van der Waals surface area contributed by atoms with Crippen LogP contribution in [0, 0.1) is 11.8 Å². The summed E-state index contributed by atoms with van der Waals surface area (Å²) in [4.78, 5) is 2.09. The molecule has 0 aliphatic carbocycles. The normalized spacial score (nSPS) is 10.7. The molecular weight excluding hydrogens is 154 g/mol. The molecule has 0 aliphatic rings. The lowest BCUT2D eigenvalue weighted by Gasteiger charge is -2.22. The second-order valence-electron chi connectivity index (χ2n) is 3.78. The Bertz CT molecular complexity index is 100. The number of hydrogen-bond acceptors (Lipinski definition) is 1. The topological polar surface area (TPSA) is 3.24 Å². The molecule has 65 valence electrons. The third kappa shape index (κ3) is 6.29. The molecule has 0 rings (SSSR count). The lowest BCUT2D eigenvalue weighted by molar-refractivity contribution is 0.340. The third-order valence-corrected chi connectivity index (χ3v) is 1.56. The van der Waals surface area contributed by atoms with Gasteiger partial charge in [0.1, 0.15) is 5.49 Å². The van der Waals surface area contributed by atoms with Gasteiger partial charge in [0.2, 0.25) is 0 Å². The van der Waals surface area contributed by atoms with Gasteiger partial charge in [-0.1, -0.05) is 39.9 Å². The van der Waals surface area contributed by atoms with Gasteiger partial charge in [-0.05, 0) is 11.8 Å². The van der Waals surface area contributed by atoms with Crippen molar-refractivity contribution in [2.45, 2.75) is 27.7 Å². The Morgan fingerprint density at radius 2 is 1.45 bits per heavy atom. The maximum Gasteiger partial charge on any atom is 0.136 e. The van der Waals surface area contributed by atoms with Crippen molar-refractivity contribution >= 4 is 17.7 Å². The second kappa shape index (κ2) is 5.53. The molecule has 0 aliphatic heterocycles. The van der Waals surface area contributed by atoms with E-state index in [2.05, 4.69) is 38.1 Å². The number of rotatable bonds is 5. The molecule has 0 saturated carbocycles. The predicted octanol–water partition coefficient (Wildman–Crippen LogP) is 2.43. The fourth-order valence-corrected chi connectivity index (χ4v) is 1.18. The molecule has 0 N–H and O–H groups in total. The number of thiocarbonyl (C=S) groups is 1. The minimum Gasteiger partial charge on any atom is -0.360 e. The van der Waals surface area contributed by atoms with Crippen LogP contribution in [0.1, 0.15) is 27.7 Å². The third-order valence-electron chi connectivity index (χ3n) is 1.30. The quantitative estimate of drug-likeness (QED) is 0.463. The van der Waals surface area contributed by atoms with Crippen LogP contribution in [0.15, 0.2) is 0 Å². The van der Waals surface area contributed by atoms with Gasteiger partial charge < -0.3 is 4.90 Å². The van der Waals surface area contributed by atoms with Crippen LogP contribution < -0.4 is 0 Å². The average Bonchev–Trinajstić information content (AvgIpc) is 1.84. The van der Waals surface area contributed by atoms with Crippen LogP contribution >= 0.6 is 12.2 Å². The highest BCUT2D eigenvalue weighted by Gasteiger charge is 2.04. The molecule has 2 heteroatoms. The molecule has 11 heavy (non-hydrogen) atoms. The SMILES string of the molecule is CC(C)CN([C]=S)CC(C)C. The zero-order valence-corrected chi connectivity index (χ0v) is 8.74. The Hall–Kier alpha value is -0.110. The lowest BCUT2D eigenvalue weighted by atomic mass is 10.1. The van der Waals surface area contributed by atoms with E-state index in [4.69, 9.17) is 12.2 Å². The first-order chi connectivity index (χ1) is 5.06. The maximum absolute atomic E-state index is 4.79. The van der Waals surface area contributed by atoms with Crippen LogP contribution in [-0.2, 0) is 0 Å². The Morgan fingerprint density at radius 1 is 1.09 bits per heavy atom.